The van der Waals surface area contributed by atoms with Gasteiger partial charge in [0.05, 0.1) is 18.8 Å². The molecule has 0 saturated carbocycles. The Labute approximate surface area is 177 Å². The van der Waals surface area contributed by atoms with E-state index in [9.17, 15) is 9.59 Å². The van der Waals surface area contributed by atoms with Gasteiger partial charge in [-0.05, 0) is 50.7 Å². The van der Waals surface area contributed by atoms with Gasteiger partial charge in [-0.15, -0.1) is 0 Å². The first kappa shape index (κ1) is 20.6. The second kappa shape index (κ2) is 8.98. The molecule has 7 heteroatoms. The molecule has 2 amide bonds. The summed E-state index contributed by atoms with van der Waals surface area (Å²) < 4.78 is 0. The Balaban J connectivity index is 1.34. The number of allylic oxidation sites excluding steroid dienone is 1. The smallest absolute Gasteiger partial charge is 0.271 e. The molecule has 1 atom stereocenters. The molecule has 1 aliphatic carbocycles. The number of piperidine rings is 1. The third kappa shape index (κ3) is 4.71. The molecule has 1 aromatic rings. The summed E-state index contributed by atoms with van der Waals surface area (Å²) in [5.41, 5.74) is 1.96. The molecule has 30 heavy (non-hydrogen) atoms. The fourth-order valence-electron chi connectivity index (χ4n) is 4.56. The fraction of sp³-hybridized carbons (Fsp3) is 0.565. The Hall–Kier alpha value is -2.70. The predicted octanol–water partition coefficient (Wildman–Crippen LogP) is 3.07. The maximum Gasteiger partial charge on any atom is 0.271 e. The van der Waals surface area contributed by atoms with Crippen LogP contribution in [-0.2, 0) is 21.0 Å². The zero-order chi connectivity index (χ0) is 21.0. The zero-order valence-corrected chi connectivity index (χ0v) is 17.7. The summed E-state index contributed by atoms with van der Waals surface area (Å²) in [6.07, 6.45) is 11.1. The van der Waals surface area contributed by atoms with Crippen molar-refractivity contribution in [1.29, 1.82) is 0 Å². The van der Waals surface area contributed by atoms with Crippen molar-refractivity contribution in [2.75, 3.05) is 20.1 Å². The summed E-state index contributed by atoms with van der Waals surface area (Å²) in [6, 6.07) is 5.65. The van der Waals surface area contributed by atoms with Crippen LogP contribution in [0.1, 0.15) is 57.1 Å². The van der Waals surface area contributed by atoms with Crippen LogP contribution in [0, 0.1) is 0 Å². The van der Waals surface area contributed by atoms with Crippen molar-refractivity contribution in [3.05, 3.63) is 41.7 Å². The number of nitrogens with zero attached hydrogens (tertiary/aromatic N) is 4. The summed E-state index contributed by atoms with van der Waals surface area (Å²) in [5, 5.41) is 4.14. The minimum absolute atomic E-state index is 0.145. The maximum atomic E-state index is 12.9. The number of oxime groups is 1. The van der Waals surface area contributed by atoms with Crippen LogP contribution >= 0.6 is 0 Å². The molecule has 7 nitrogen and oxygen atoms in total. The van der Waals surface area contributed by atoms with E-state index in [1.54, 1.807) is 18.1 Å². The van der Waals surface area contributed by atoms with E-state index in [0.29, 0.717) is 31.6 Å². The molecule has 1 aromatic heterocycles. The highest BCUT2D eigenvalue weighted by Gasteiger charge is 2.46. The van der Waals surface area contributed by atoms with Crippen LogP contribution in [-0.4, -0.2) is 58.0 Å². The van der Waals surface area contributed by atoms with Crippen LogP contribution in [0.5, 0.6) is 0 Å². The lowest BCUT2D eigenvalue weighted by atomic mass is 9.87. The highest BCUT2D eigenvalue weighted by Crippen LogP contribution is 2.34. The van der Waals surface area contributed by atoms with Crippen molar-refractivity contribution < 1.29 is 14.4 Å². The van der Waals surface area contributed by atoms with E-state index in [1.165, 1.54) is 18.4 Å². The van der Waals surface area contributed by atoms with Crippen LogP contribution in [0.2, 0.25) is 0 Å². The van der Waals surface area contributed by atoms with Gasteiger partial charge in [0.1, 0.15) is 5.71 Å². The summed E-state index contributed by atoms with van der Waals surface area (Å²) in [6.45, 7) is 1.68. The average molecular weight is 411 g/mol. The van der Waals surface area contributed by atoms with Crippen LogP contribution in [0.25, 0.3) is 0 Å². The Morgan fingerprint density at radius 1 is 1.27 bits per heavy atom. The Morgan fingerprint density at radius 3 is 2.93 bits per heavy atom. The molecule has 2 aliphatic heterocycles. The van der Waals surface area contributed by atoms with E-state index in [1.807, 2.05) is 23.1 Å². The van der Waals surface area contributed by atoms with Crippen LogP contribution in [0.4, 0.5) is 0 Å². The highest BCUT2D eigenvalue weighted by atomic mass is 16.7. The lowest BCUT2D eigenvalue weighted by Crippen LogP contribution is -2.51. The number of rotatable bonds is 5. The molecule has 1 unspecified atom stereocenters. The van der Waals surface area contributed by atoms with Crippen molar-refractivity contribution in [2.45, 2.75) is 63.5 Å². The number of likely N-dealkylation sites (tertiary alicyclic amines) is 1. The molecule has 3 heterocycles. The number of hydrogen-bond donors (Lipinski definition) is 0. The van der Waals surface area contributed by atoms with Gasteiger partial charge in [0, 0.05) is 32.6 Å². The first-order valence-electron chi connectivity index (χ1n) is 10.9. The molecule has 3 aliphatic rings. The average Bonchev–Trinajstić information content (AvgIpc) is 3.17. The number of hydrogen-bond acceptors (Lipinski definition) is 5. The largest absolute Gasteiger partial charge is 0.386 e. The van der Waals surface area contributed by atoms with Crippen molar-refractivity contribution in [3.63, 3.8) is 0 Å². The molecular formula is C23H30N4O3. The summed E-state index contributed by atoms with van der Waals surface area (Å²) in [5.74, 6) is 0.0196. The molecule has 0 radical (unpaired) electrons. The van der Waals surface area contributed by atoms with Crippen LogP contribution in [0.15, 0.2) is 41.2 Å². The van der Waals surface area contributed by atoms with Gasteiger partial charge in [-0.3, -0.25) is 14.6 Å². The lowest BCUT2D eigenvalue weighted by molar-refractivity contribution is -0.140. The van der Waals surface area contributed by atoms with Crippen molar-refractivity contribution in [1.82, 2.24) is 14.8 Å². The van der Waals surface area contributed by atoms with Crippen molar-refractivity contribution in [3.8, 4) is 0 Å². The minimum atomic E-state index is -0.564. The molecule has 1 saturated heterocycles. The lowest BCUT2D eigenvalue weighted by Gasteiger charge is -2.38. The number of carbonyl (C=O) groups excluding carboxylic acids is 2. The summed E-state index contributed by atoms with van der Waals surface area (Å²) >= 11 is 0. The number of aromatic nitrogens is 1. The van der Waals surface area contributed by atoms with E-state index >= 15 is 0 Å². The van der Waals surface area contributed by atoms with Crippen molar-refractivity contribution in [2.24, 2.45) is 5.16 Å². The second-order valence-corrected chi connectivity index (χ2v) is 8.68. The van der Waals surface area contributed by atoms with Crippen LogP contribution in [0.3, 0.4) is 0 Å². The second-order valence-electron chi connectivity index (χ2n) is 8.68. The third-order valence-electron chi connectivity index (χ3n) is 6.21. The van der Waals surface area contributed by atoms with Gasteiger partial charge in [0.25, 0.3) is 5.91 Å². The number of amides is 2. The Morgan fingerprint density at radius 2 is 2.17 bits per heavy atom. The SMILES string of the molecule is CN(Cc1ccccn1)C(=O)C1=NOC2(CCCN(C(=O)CC3=CCCCC3)C2)C1. The van der Waals surface area contributed by atoms with Crippen molar-refractivity contribution >= 4 is 17.5 Å². The van der Waals surface area contributed by atoms with Gasteiger partial charge in [-0.2, -0.15) is 0 Å². The first-order valence-corrected chi connectivity index (χ1v) is 10.9. The third-order valence-corrected chi connectivity index (χ3v) is 6.21. The monoisotopic (exact) mass is 410 g/mol. The molecule has 0 aromatic carbocycles. The van der Waals surface area contributed by atoms with E-state index in [4.69, 9.17) is 4.84 Å². The van der Waals surface area contributed by atoms with E-state index < -0.39 is 5.60 Å². The zero-order valence-electron chi connectivity index (χ0n) is 17.7. The van der Waals surface area contributed by atoms with Crippen LogP contribution < -0.4 is 0 Å². The standard InChI is InChI=1S/C23H30N4O3/c1-26(16-19-10-5-6-12-24-19)22(29)20-15-23(30-25-20)11-7-13-27(17-23)21(28)14-18-8-3-2-4-9-18/h5-6,8,10,12H,2-4,7,9,11,13-17H2,1H3. The summed E-state index contributed by atoms with van der Waals surface area (Å²) in [7, 11) is 1.75. The Kier molecular flexibility index (Phi) is 6.16. The van der Waals surface area contributed by atoms with Gasteiger partial charge in [0.2, 0.25) is 5.91 Å². The molecule has 4 rings (SSSR count). The van der Waals surface area contributed by atoms with Gasteiger partial charge < -0.3 is 14.6 Å². The molecule has 0 N–H and O–H groups in total. The molecular weight excluding hydrogens is 380 g/mol. The number of pyridine rings is 1. The molecule has 1 spiro atoms. The molecule has 1 fully saturated rings. The molecule has 0 bridgehead atoms. The fourth-order valence-corrected chi connectivity index (χ4v) is 4.56. The van der Waals surface area contributed by atoms with E-state index in [-0.39, 0.29) is 11.8 Å². The van der Waals surface area contributed by atoms with Gasteiger partial charge in [-0.25, -0.2) is 0 Å². The van der Waals surface area contributed by atoms with E-state index in [0.717, 1.165) is 37.9 Å². The van der Waals surface area contributed by atoms with Gasteiger partial charge >= 0.3 is 0 Å². The summed E-state index contributed by atoms with van der Waals surface area (Å²) in [4.78, 5) is 39.3. The normalized spacial score (nSPS) is 23.6. The highest BCUT2D eigenvalue weighted by molar-refractivity contribution is 6.39. The first-order chi connectivity index (χ1) is 14.5. The minimum Gasteiger partial charge on any atom is -0.386 e. The maximum absolute atomic E-state index is 12.9. The quantitative estimate of drug-likeness (QED) is 0.699. The van der Waals surface area contributed by atoms with E-state index in [2.05, 4.69) is 16.2 Å². The number of carbonyl (C=O) groups is 2. The topological polar surface area (TPSA) is 75.1 Å². The Bertz CT molecular complexity index is 851. The van der Waals surface area contributed by atoms with Gasteiger partial charge in [-0.1, -0.05) is 22.9 Å². The van der Waals surface area contributed by atoms with Gasteiger partial charge in [0.15, 0.2) is 5.60 Å². The molecule has 160 valence electrons. The predicted molar refractivity (Wildman–Crippen MR) is 114 cm³/mol.